The number of aromatic nitrogens is 2. The molecule has 2 heterocycles. The monoisotopic (exact) mass is 343 g/mol. The van der Waals surface area contributed by atoms with Crippen molar-refractivity contribution in [2.45, 2.75) is 37.3 Å². The van der Waals surface area contributed by atoms with E-state index in [-0.39, 0.29) is 30.8 Å². The number of nitrogens with one attached hydrogen (secondary N) is 1. The molecule has 1 aliphatic rings. The van der Waals surface area contributed by atoms with Crippen molar-refractivity contribution in [2.24, 2.45) is 0 Å². The molecule has 0 unspecified atom stereocenters. The maximum atomic E-state index is 14.2. The largest absolute Gasteiger partial charge is 0.383 e. The molecular weight excluding hydrogens is 328 g/mol. The van der Waals surface area contributed by atoms with E-state index < -0.39 is 17.4 Å². The molecule has 0 aliphatic heterocycles. The molecule has 3 rings (SSSR count). The number of nitrogens with zero attached hydrogens (tertiary/aromatic N) is 2. The average molecular weight is 343 g/mol. The summed E-state index contributed by atoms with van der Waals surface area (Å²) in [6.45, 7) is -0.272. The van der Waals surface area contributed by atoms with Gasteiger partial charge in [-0.2, -0.15) is 8.78 Å². The first-order valence-corrected chi connectivity index (χ1v) is 7.95. The number of aliphatic hydroxyl groups is 1. The van der Waals surface area contributed by atoms with E-state index in [1.165, 1.54) is 18.4 Å². The van der Waals surface area contributed by atoms with E-state index in [0.717, 1.165) is 4.90 Å². The Bertz CT molecular complexity index is 813. The van der Waals surface area contributed by atoms with Gasteiger partial charge in [-0.25, -0.2) is 4.98 Å². The first-order chi connectivity index (χ1) is 10.7. The zero-order valence-electron chi connectivity index (χ0n) is 12.3. The van der Waals surface area contributed by atoms with Crippen LogP contribution in [0, 0.1) is 0 Å². The van der Waals surface area contributed by atoms with Gasteiger partial charge in [0.1, 0.15) is 16.1 Å². The smallest absolute Gasteiger partial charge is 0.352 e. The first-order valence-electron chi connectivity index (χ1n) is 7.07. The van der Waals surface area contributed by atoms with Gasteiger partial charge in [0.2, 0.25) is 0 Å². The number of hydrogen-bond donors (Lipinski definition) is 2. The molecule has 2 aromatic rings. The summed E-state index contributed by atoms with van der Waals surface area (Å²) in [5, 5.41) is 11.5. The highest BCUT2D eigenvalue weighted by Gasteiger charge is 2.61. The van der Waals surface area contributed by atoms with Gasteiger partial charge in [0.05, 0.1) is 12.1 Å². The third-order valence-electron chi connectivity index (χ3n) is 4.13. The molecule has 9 heteroatoms. The van der Waals surface area contributed by atoms with E-state index in [2.05, 4.69) is 9.97 Å². The summed E-state index contributed by atoms with van der Waals surface area (Å²) in [5.74, 6) is -5.21. The van der Waals surface area contributed by atoms with E-state index >= 15 is 0 Å². The lowest BCUT2D eigenvalue weighted by molar-refractivity contribution is -0.223. The van der Waals surface area contributed by atoms with Gasteiger partial charge >= 0.3 is 5.92 Å². The number of carbonyl (C=O) groups is 1. The molecule has 0 radical (unpaired) electrons. The minimum Gasteiger partial charge on any atom is -0.383 e. The molecule has 1 amide bonds. The fraction of sp³-hybridized carbons (Fsp3) is 0.500. The van der Waals surface area contributed by atoms with Crippen molar-refractivity contribution in [3.05, 3.63) is 27.6 Å². The lowest BCUT2D eigenvalue weighted by Gasteiger charge is -2.42. The van der Waals surface area contributed by atoms with E-state index in [1.54, 1.807) is 11.4 Å². The summed E-state index contributed by atoms with van der Waals surface area (Å²) >= 11 is 1.23. The van der Waals surface area contributed by atoms with Gasteiger partial charge in [0, 0.05) is 7.05 Å². The van der Waals surface area contributed by atoms with Gasteiger partial charge in [-0.1, -0.05) is 0 Å². The minimum absolute atomic E-state index is 0.102. The predicted octanol–water partition coefficient (Wildman–Crippen LogP) is 1.49. The molecule has 2 aromatic heterocycles. The van der Waals surface area contributed by atoms with Crippen molar-refractivity contribution in [3.63, 3.8) is 0 Å². The minimum atomic E-state index is -3.85. The molecule has 2 N–H and O–H groups in total. The maximum Gasteiger partial charge on any atom is 0.352 e. The van der Waals surface area contributed by atoms with Crippen molar-refractivity contribution in [3.8, 4) is 0 Å². The van der Waals surface area contributed by atoms with Crippen LogP contribution in [0.5, 0.6) is 0 Å². The number of alkyl halides is 2. The SMILES string of the molecule is CN(Cc1nc2ccsc2c(=O)[nH]1)C(=O)C(F)(F)C1(O)CCC1. The Hall–Kier alpha value is -1.87. The van der Waals surface area contributed by atoms with Crippen molar-refractivity contribution >= 4 is 27.5 Å². The Morgan fingerprint density at radius 3 is 2.87 bits per heavy atom. The van der Waals surface area contributed by atoms with Crippen LogP contribution in [0.15, 0.2) is 16.2 Å². The number of aromatic amines is 1. The molecule has 0 aromatic carbocycles. The van der Waals surface area contributed by atoms with Crippen LogP contribution >= 0.6 is 11.3 Å². The van der Waals surface area contributed by atoms with E-state index in [0.29, 0.717) is 16.6 Å². The highest BCUT2D eigenvalue weighted by atomic mass is 32.1. The van der Waals surface area contributed by atoms with Crippen molar-refractivity contribution in [2.75, 3.05) is 7.05 Å². The third kappa shape index (κ3) is 2.53. The molecule has 1 saturated carbocycles. The second-order valence-corrected chi connectivity index (χ2v) is 6.68. The predicted molar refractivity (Wildman–Crippen MR) is 80.5 cm³/mol. The van der Waals surface area contributed by atoms with Gasteiger partial charge in [-0.05, 0) is 30.7 Å². The summed E-state index contributed by atoms with van der Waals surface area (Å²) < 4.78 is 28.7. The molecule has 0 atom stereocenters. The Morgan fingerprint density at radius 1 is 1.57 bits per heavy atom. The summed E-state index contributed by atoms with van der Waals surface area (Å²) in [4.78, 5) is 31.3. The molecule has 6 nitrogen and oxygen atoms in total. The molecule has 1 aliphatic carbocycles. The number of hydrogen-bond acceptors (Lipinski definition) is 5. The van der Waals surface area contributed by atoms with Gasteiger partial charge in [-0.3, -0.25) is 9.59 Å². The number of amides is 1. The molecule has 124 valence electrons. The normalized spacial score (nSPS) is 17.0. The lowest BCUT2D eigenvalue weighted by Crippen LogP contribution is -2.60. The molecular formula is C14H15F2N3O3S. The molecule has 1 fully saturated rings. The second kappa shape index (κ2) is 5.34. The van der Waals surface area contributed by atoms with Crippen LogP contribution < -0.4 is 5.56 Å². The first kappa shape index (κ1) is 16.0. The zero-order valence-corrected chi connectivity index (χ0v) is 13.1. The highest BCUT2D eigenvalue weighted by molar-refractivity contribution is 7.17. The Labute approximate surface area is 133 Å². The summed E-state index contributed by atoms with van der Waals surface area (Å²) in [7, 11) is 1.19. The number of halogens is 2. The quantitative estimate of drug-likeness (QED) is 0.881. The van der Waals surface area contributed by atoms with Crippen molar-refractivity contribution in [1.29, 1.82) is 0 Å². The Morgan fingerprint density at radius 2 is 2.26 bits per heavy atom. The van der Waals surface area contributed by atoms with E-state index in [9.17, 15) is 23.5 Å². The number of rotatable bonds is 4. The maximum absolute atomic E-state index is 14.2. The van der Waals surface area contributed by atoms with Gasteiger partial charge in [0.15, 0.2) is 0 Å². The topological polar surface area (TPSA) is 86.3 Å². The zero-order chi connectivity index (χ0) is 16.8. The van der Waals surface area contributed by atoms with Crippen molar-refractivity contribution < 1.29 is 18.7 Å². The number of carbonyl (C=O) groups excluding carboxylic acids is 1. The summed E-state index contributed by atoms with van der Waals surface area (Å²) in [5.41, 5.74) is -2.18. The fourth-order valence-corrected chi connectivity index (χ4v) is 3.28. The lowest BCUT2D eigenvalue weighted by atomic mass is 9.75. The summed E-state index contributed by atoms with van der Waals surface area (Å²) in [6.07, 6.45) is 0.262. The second-order valence-electron chi connectivity index (χ2n) is 5.77. The van der Waals surface area contributed by atoms with Crippen LogP contribution in [-0.4, -0.2) is 44.5 Å². The van der Waals surface area contributed by atoms with Crippen molar-refractivity contribution in [1.82, 2.24) is 14.9 Å². The molecule has 0 saturated heterocycles. The van der Waals surface area contributed by atoms with Gasteiger partial charge in [0.25, 0.3) is 11.5 Å². The van der Waals surface area contributed by atoms with Gasteiger partial charge in [-0.15, -0.1) is 11.3 Å². The van der Waals surface area contributed by atoms with Crippen LogP contribution in [0.1, 0.15) is 25.1 Å². The number of thiophene rings is 1. The Balaban J connectivity index is 1.81. The molecule has 0 bridgehead atoms. The molecule has 0 spiro atoms. The van der Waals surface area contributed by atoms with Crippen LogP contribution in [-0.2, 0) is 11.3 Å². The number of H-pyrrole nitrogens is 1. The third-order valence-corrected chi connectivity index (χ3v) is 5.03. The van der Waals surface area contributed by atoms with Gasteiger partial charge < -0.3 is 15.0 Å². The standard InChI is InChI=1S/C14H15F2N3O3S/c1-19(12(21)14(15,16)13(22)4-2-5-13)7-9-17-8-3-6-23-10(8)11(20)18-9/h3,6,22H,2,4-5,7H2,1H3,(H,17,18,20). The van der Waals surface area contributed by atoms with Crippen LogP contribution in [0.25, 0.3) is 10.2 Å². The van der Waals surface area contributed by atoms with Crippen LogP contribution in [0.4, 0.5) is 8.78 Å². The van der Waals surface area contributed by atoms with Crippen LogP contribution in [0.2, 0.25) is 0 Å². The van der Waals surface area contributed by atoms with E-state index in [1.807, 2.05) is 0 Å². The fourth-order valence-electron chi connectivity index (χ4n) is 2.56. The van der Waals surface area contributed by atoms with Crippen LogP contribution in [0.3, 0.4) is 0 Å². The average Bonchev–Trinajstić information content (AvgIpc) is 2.92. The number of fused-ring (bicyclic) bond motifs is 1. The highest BCUT2D eigenvalue weighted by Crippen LogP contribution is 2.45. The van der Waals surface area contributed by atoms with E-state index in [4.69, 9.17) is 0 Å². The molecule has 23 heavy (non-hydrogen) atoms. The summed E-state index contributed by atoms with van der Waals surface area (Å²) in [6, 6.07) is 1.65. The Kier molecular flexibility index (Phi) is 3.72.